The fraction of sp³-hybridized carbons (Fsp3) is 0. The lowest BCUT2D eigenvalue weighted by atomic mass is 10.2. The largest absolute Gasteiger partial charge is 0.250 e. The van der Waals surface area contributed by atoms with E-state index in [2.05, 4.69) is 0 Å². The van der Waals surface area contributed by atoms with E-state index in [1.807, 2.05) is 78.9 Å². The molecule has 2 aromatic rings. The Morgan fingerprint density at radius 3 is 2.06 bits per heavy atom. The van der Waals surface area contributed by atoms with Crippen LogP contribution in [0.4, 0.5) is 0 Å². The molecule has 0 aliphatic carbocycles. The van der Waals surface area contributed by atoms with Crippen LogP contribution in [0.3, 0.4) is 0 Å². The Bertz CT molecular complexity index is 556. The molecular weight excluding hydrogens is 240 g/mol. The van der Waals surface area contributed by atoms with E-state index >= 15 is 0 Å². The predicted molar refractivity (Wildman–Crippen MR) is 77.5 cm³/mol. The molecule has 2 aromatic carbocycles. The first-order chi connectivity index (χ1) is 8.86. The van der Waals surface area contributed by atoms with Crippen molar-refractivity contribution >= 4 is 16.9 Å². The van der Waals surface area contributed by atoms with E-state index in [9.17, 15) is 4.21 Å². The minimum atomic E-state index is -1.07. The van der Waals surface area contributed by atoms with E-state index in [1.54, 1.807) is 5.41 Å². The summed E-state index contributed by atoms with van der Waals surface area (Å²) in [6, 6.07) is 19.4. The van der Waals surface area contributed by atoms with Crippen molar-refractivity contribution in [2.75, 3.05) is 0 Å². The highest BCUT2D eigenvalue weighted by Gasteiger charge is 1.95. The Morgan fingerprint density at radius 2 is 1.39 bits per heavy atom. The van der Waals surface area contributed by atoms with E-state index in [4.69, 9.17) is 0 Å². The van der Waals surface area contributed by atoms with E-state index < -0.39 is 10.8 Å². The normalized spacial score (nSPS) is 13.1. The molecule has 0 aromatic heterocycles. The van der Waals surface area contributed by atoms with Crippen LogP contribution in [0.15, 0.2) is 83.1 Å². The monoisotopic (exact) mass is 254 g/mol. The van der Waals surface area contributed by atoms with Gasteiger partial charge in [-0.2, -0.15) is 0 Å². The Hall–Kier alpha value is -1.93. The molecule has 18 heavy (non-hydrogen) atoms. The summed E-state index contributed by atoms with van der Waals surface area (Å²) >= 11 is 0. The third-order valence-electron chi connectivity index (χ3n) is 2.38. The van der Waals surface area contributed by atoms with Crippen LogP contribution in [0.25, 0.3) is 6.08 Å². The molecule has 0 saturated heterocycles. The Morgan fingerprint density at radius 1 is 0.778 bits per heavy atom. The summed E-state index contributed by atoms with van der Waals surface area (Å²) in [5.41, 5.74) is 1.13. The molecule has 1 atom stereocenters. The molecule has 1 nitrogen and oxygen atoms in total. The van der Waals surface area contributed by atoms with Gasteiger partial charge in [0.2, 0.25) is 0 Å². The van der Waals surface area contributed by atoms with Crippen LogP contribution in [-0.2, 0) is 10.8 Å². The first-order valence-corrected chi connectivity index (χ1v) is 6.93. The maximum absolute atomic E-state index is 11.8. The summed E-state index contributed by atoms with van der Waals surface area (Å²) in [6.45, 7) is 0. The van der Waals surface area contributed by atoms with Crippen molar-refractivity contribution in [2.24, 2.45) is 0 Å². The molecule has 90 valence electrons. The van der Waals surface area contributed by atoms with Crippen molar-refractivity contribution in [1.82, 2.24) is 0 Å². The fourth-order valence-electron chi connectivity index (χ4n) is 1.48. The summed E-state index contributed by atoms with van der Waals surface area (Å²) in [5.74, 6) is 0. The molecule has 0 heterocycles. The number of hydrogen-bond acceptors (Lipinski definition) is 1. The van der Waals surface area contributed by atoms with Crippen LogP contribution >= 0.6 is 0 Å². The van der Waals surface area contributed by atoms with Gasteiger partial charge in [-0.25, -0.2) is 4.21 Å². The molecule has 0 bridgehead atoms. The van der Waals surface area contributed by atoms with Gasteiger partial charge < -0.3 is 0 Å². The third-order valence-corrected chi connectivity index (χ3v) is 3.52. The number of allylic oxidation sites excluding steroid dienone is 2. The first kappa shape index (κ1) is 12.5. The Balaban J connectivity index is 1.96. The standard InChI is InChI=1S/C16H14OS/c17-18(16-12-5-2-6-13-16)14-8-7-11-15-9-3-1-4-10-15/h1-14H/b11-7+,14-8+/t18-/m1/s1. The highest BCUT2D eigenvalue weighted by Crippen LogP contribution is 2.07. The molecular formula is C16H14OS. The molecule has 0 radical (unpaired) electrons. The van der Waals surface area contributed by atoms with Crippen molar-refractivity contribution in [3.63, 3.8) is 0 Å². The second kappa shape index (κ2) is 6.72. The zero-order valence-corrected chi connectivity index (χ0v) is 10.7. The van der Waals surface area contributed by atoms with Crippen LogP contribution in [0.1, 0.15) is 5.56 Å². The topological polar surface area (TPSA) is 17.1 Å². The minimum absolute atomic E-state index is 0.821. The van der Waals surface area contributed by atoms with Gasteiger partial charge in [-0.3, -0.25) is 0 Å². The predicted octanol–water partition coefficient (Wildman–Crippen LogP) is 4.02. The molecule has 0 spiro atoms. The molecule has 0 aliphatic heterocycles. The number of rotatable bonds is 4. The van der Waals surface area contributed by atoms with E-state index in [1.165, 1.54) is 0 Å². The van der Waals surface area contributed by atoms with Gasteiger partial charge in [0.25, 0.3) is 0 Å². The van der Waals surface area contributed by atoms with Gasteiger partial charge in [0, 0.05) is 10.3 Å². The minimum Gasteiger partial charge on any atom is -0.250 e. The first-order valence-electron chi connectivity index (χ1n) is 5.72. The summed E-state index contributed by atoms with van der Waals surface area (Å²) in [6.07, 6.45) is 5.70. The second-order valence-electron chi connectivity index (χ2n) is 3.71. The molecule has 0 fully saturated rings. The number of hydrogen-bond donors (Lipinski definition) is 0. The van der Waals surface area contributed by atoms with Crippen molar-refractivity contribution in [2.45, 2.75) is 4.90 Å². The van der Waals surface area contributed by atoms with Gasteiger partial charge in [0.15, 0.2) is 0 Å². The molecule has 0 unspecified atom stereocenters. The molecule has 0 N–H and O–H groups in total. The maximum atomic E-state index is 11.8. The van der Waals surface area contributed by atoms with Crippen molar-refractivity contribution < 1.29 is 4.21 Å². The second-order valence-corrected chi connectivity index (χ2v) is 5.05. The molecule has 2 heteroatoms. The van der Waals surface area contributed by atoms with Gasteiger partial charge in [0.05, 0.1) is 10.8 Å². The van der Waals surface area contributed by atoms with Crippen molar-refractivity contribution in [3.8, 4) is 0 Å². The highest BCUT2D eigenvalue weighted by molar-refractivity contribution is 7.88. The number of benzene rings is 2. The Kier molecular flexibility index (Phi) is 4.68. The van der Waals surface area contributed by atoms with Gasteiger partial charge >= 0.3 is 0 Å². The Labute approximate surface area is 110 Å². The smallest absolute Gasteiger partial charge is 0.0775 e. The lowest BCUT2D eigenvalue weighted by Crippen LogP contribution is -1.83. The molecule has 0 aliphatic rings. The van der Waals surface area contributed by atoms with Crippen LogP contribution in [0, 0.1) is 0 Å². The maximum Gasteiger partial charge on any atom is 0.0775 e. The average Bonchev–Trinajstić information content (AvgIpc) is 2.45. The molecule has 2 rings (SSSR count). The van der Waals surface area contributed by atoms with Crippen LogP contribution in [0.2, 0.25) is 0 Å². The summed E-state index contributed by atoms with van der Waals surface area (Å²) in [7, 11) is -1.07. The molecule has 0 amide bonds. The van der Waals surface area contributed by atoms with Gasteiger partial charge in [-0.05, 0) is 17.7 Å². The van der Waals surface area contributed by atoms with E-state index in [0.29, 0.717) is 0 Å². The van der Waals surface area contributed by atoms with Crippen LogP contribution in [-0.4, -0.2) is 4.21 Å². The third kappa shape index (κ3) is 3.82. The van der Waals surface area contributed by atoms with Gasteiger partial charge in [0.1, 0.15) is 0 Å². The lowest BCUT2D eigenvalue weighted by molar-refractivity contribution is 0.688. The quantitative estimate of drug-likeness (QED) is 0.753. The zero-order valence-electron chi connectivity index (χ0n) is 9.90. The SMILES string of the molecule is O=[S@](/C=C/C=C/c1ccccc1)c1ccccc1. The van der Waals surface area contributed by atoms with Gasteiger partial charge in [-0.15, -0.1) is 0 Å². The van der Waals surface area contributed by atoms with Crippen molar-refractivity contribution in [3.05, 3.63) is 83.8 Å². The molecule has 0 saturated carbocycles. The highest BCUT2D eigenvalue weighted by atomic mass is 32.2. The van der Waals surface area contributed by atoms with E-state index in [-0.39, 0.29) is 0 Å². The zero-order chi connectivity index (χ0) is 12.6. The van der Waals surface area contributed by atoms with E-state index in [0.717, 1.165) is 10.5 Å². The van der Waals surface area contributed by atoms with Crippen LogP contribution in [0.5, 0.6) is 0 Å². The van der Waals surface area contributed by atoms with Crippen LogP contribution < -0.4 is 0 Å². The van der Waals surface area contributed by atoms with Gasteiger partial charge in [-0.1, -0.05) is 66.8 Å². The summed E-state index contributed by atoms with van der Waals surface area (Å²) in [5, 5.41) is 1.69. The lowest BCUT2D eigenvalue weighted by Gasteiger charge is -1.93. The summed E-state index contributed by atoms with van der Waals surface area (Å²) < 4.78 is 11.8. The average molecular weight is 254 g/mol. The summed E-state index contributed by atoms with van der Waals surface area (Å²) in [4.78, 5) is 0.821. The fourth-order valence-corrected chi connectivity index (χ4v) is 2.30. The van der Waals surface area contributed by atoms with Crippen molar-refractivity contribution in [1.29, 1.82) is 0 Å².